The molecule has 6 heteroatoms. The van der Waals surface area contributed by atoms with Gasteiger partial charge in [-0.1, -0.05) is 24.3 Å². The van der Waals surface area contributed by atoms with Gasteiger partial charge in [0.25, 0.3) is 5.91 Å². The summed E-state index contributed by atoms with van der Waals surface area (Å²) in [5, 5.41) is 12.5. The van der Waals surface area contributed by atoms with E-state index in [1.807, 2.05) is 24.3 Å². The van der Waals surface area contributed by atoms with E-state index in [0.717, 1.165) is 17.5 Å². The summed E-state index contributed by atoms with van der Waals surface area (Å²) >= 11 is 0. The molecule has 18 heavy (non-hydrogen) atoms. The normalized spacial score (nSPS) is 18.1. The van der Waals surface area contributed by atoms with Crippen LogP contribution in [0.15, 0.2) is 30.5 Å². The number of rotatable bonds is 2. The van der Waals surface area contributed by atoms with E-state index in [0.29, 0.717) is 12.4 Å². The second-order valence-electron chi connectivity index (χ2n) is 4.04. The van der Waals surface area contributed by atoms with E-state index in [9.17, 15) is 4.79 Å². The number of hydrogen-bond acceptors (Lipinski definition) is 4. The van der Waals surface area contributed by atoms with Gasteiger partial charge in [-0.3, -0.25) is 4.79 Å². The molecule has 1 aromatic carbocycles. The Balaban J connectivity index is 1.83. The first kappa shape index (κ1) is 10.9. The highest BCUT2D eigenvalue weighted by molar-refractivity contribution is 5.94. The first-order valence-corrected chi connectivity index (χ1v) is 5.70. The molecular formula is C12H12N4O2. The molecule has 0 spiro atoms. The van der Waals surface area contributed by atoms with Gasteiger partial charge in [-0.15, -0.1) is 5.10 Å². The lowest BCUT2D eigenvalue weighted by molar-refractivity contribution is -0.128. The van der Waals surface area contributed by atoms with Crippen LogP contribution in [0, 0.1) is 0 Å². The van der Waals surface area contributed by atoms with Gasteiger partial charge in [0.05, 0.1) is 12.8 Å². The van der Waals surface area contributed by atoms with Crippen LogP contribution >= 0.6 is 0 Å². The van der Waals surface area contributed by atoms with Crippen molar-refractivity contribution in [1.29, 1.82) is 0 Å². The second kappa shape index (κ2) is 4.58. The molecule has 3 rings (SSSR count). The molecule has 1 amide bonds. The van der Waals surface area contributed by atoms with Crippen molar-refractivity contribution >= 4 is 11.7 Å². The summed E-state index contributed by atoms with van der Waals surface area (Å²) < 4.78 is 5.54. The summed E-state index contributed by atoms with van der Waals surface area (Å²) in [6, 6.07) is 7.82. The number of aromatic amines is 1. The Bertz CT molecular complexity index is 553. The first-order valence-electron chi connectivity index (χ1n) is 5.70. The standard InChI is InChI=1S/C12H12N4O2/c17-12(14-10-7-13-16-15-10)11-9-4-2-1-3-8(9)5-6-18-11/h1-4,7,11H,5-6H2,(H2,13,14,15,16,17). The fourth-order valence-corrected chi connectivity index (χ4v) is 2.06. The number of amides is 1. The van der Waals surface area contributed by atoms with Crippen molar-refractivity contribution < 1.29 is 9.53 Å². The maximum absolute atomic E-state index is 12.1. The third kappa shape index (κ3) is 1.98. The number of hydrogen-bond donors (Lipinski definition) is 2. The zero-order valence-corrected chi connectivity index (χ0v) is 9.59. The Labute approximate surface area is 103 Å². The number of carbonyl (C=O) groups excluding carboxylic acids is 1. The van der Waals surface area contributed by atoms with Crippen LogP contribution in [-0.2, 0) is 16.0 Å². The largest absolute Gasteiger partial charge is 0.363 e. The third-order valence-electron chi connectivity index (χ3n) is 2.90. The lowest BCUT2D eigenvalue weighted by Gasteiger charge is -2.24. The van der Waals surface area contributed by atoms with E-state index in [4.69, 9.17) is 4.74 Å². The van der Waals surface area contributed by atoms with E-state index in [2.05, 4.69) is 20.7 Å². The van der Waals surface area contributed by atoms with E-state index in [1.165, 1.54) is 6.20 Å². The summed E-state index contributed by atoms with van der Waals surface area (Å²) in [5.41, 5.74) is 2.08. The Morgan fingerprint density at radius 2 is 2.33 bits per heavy atom. The number of nitrogens with zero attached hydrogens (tertiary/aromatic N) is 2. The fraction of sp³-hybridized carbons (Fsp3) is 0.250. The predicted molar refractivity (Wildman–Crippen MR) is 63.9 cm³/mol. The van der Waals surface area contributed by atoms with Crippen LogP contribution < -0.4 is 5.32 Å². The van der Waals surface area contributed by atoms with Crippen LogP contribution in [0.25, 0.3) is 0 Å². The smallest absolute Gasteiger partial charge is 0.259 e. The van der Waals surface area contributed by atoms with Crippen molar-refractivity contribution in [3.8, 4) is 0 Å². The van der Waals surface area contributed by atoms with E-state index in [1.54, 1.807) is 0 Å². The van der Waals surface area contributed by atoms with Crippen LogP contribution in [0.5, 0.6) is 0 Å². The van der Waals surface area contributed by atoms with Crippen LogP contribution in [0.3, 0.4) is 0 Å². The van der Waals surface area contributed by atoms with Crippen molar-refractivity contribution in [3.63, 3.8) is 0 Å². The van der Waals surface area contributed by atoms with E-state index < -0.39 is 6.10 Å². The van der Waals surface area contributed by atoms with Gasteiger partial charge in [0.15, 0.2) is 11.9 Å². The quantitative estimate of drug-likeness (QED) is 0.827. The molecule has 1 aromatic heterocycles. The van der Waals surface area contributed by atoms with Crippen molar-refractivity contribution in [3.05, 3.63) is 41.6 Å². The first-order chi connectivity index (χ1) is 8.84. The third-order valence-corrected chi connectivity index (χ3v) is 2.90. The lowest BCUT2D eigenvalue weighted by atomic mass is 9.97. The van der Waals surface area contributed by atoms with Gasteiger partial charge in [-0.2, -0.15) is 10.3 Å². The van der Waals surface area contributed by atoms with Crippen LogP contribution in [-0.4, -0.2) is 27.9 Å². The number of aromatic nitrogens is 3. The maximum Gasteiger partial charge on any atom is 0.259 e. The number of benzene rings is 1. The monoisotopic (exact) mass is 244 g/mol. The minimum absolute atomic E-state index is 0.226. The molecule has 0 saturated carbocycles. The molecule has 0 saturated heterocycles. The molecule has 0 radical (unpaired) electrons. The molecule has 0 fully saturated rings. The van der Waals surface area contributed by atoms with Gasteiger partial charge in [-0.25, -0.2) is 0 Å². The highest BCUT2D eigenvalue weighted by atomic mass is 16.5. The van der Waals surface area contributed by atoms with E-state index >= 15 is 0 Å². The maximum atomic E-state index is 12.1. The molecule has 2 heterocycles. The molecule has 92 valence electrons. The molecule has 1 aliphatic rings. The minimum Gasteiger partial charge on any atom is -0.363 e. The summed E-state index contributed by atoms with van der Waals surface area (Å²) in [4.78, 5) is 12.1. The highest BCUT2D eigenvalue weighted by Crippen LogP contribution is 2.27. The van der Waals surface area contributed by atoms with Gasteiger partial charge < -0.3 is 10.1 Å². The average molecular weight is 244 g/mol. The number of H-pyrrole nitrogens is 1. The number of nitrogens with one attached hydrogen (secondary N) is 2. The molecule has 2 N–H and O–H groups in total. The molecule has 1 unspecified atom stereocenters. The van der Waals surface area contributed by atoms with E-state index in [-0.39, 0.29) is 5.91 Å². The van der Waals surface area contributed by atoms with Gasteiger partial charge >= 0.3 is 0 Å². The van der Waals surface area contributed by atoms with Crippen molar-refractivity contribution in [1.82, 2.24) is 15.4 Å². The topological polar surface area (TPSA) is 79.9 Å². The zero-order chi connectivity index (χ0) is 12.4. The van der Waals surface area contributed by atoms with Gasteiger partial charge in [0, 0.05) is 0 Å². The Morgan fingerprint density at radius 1 is 1.44 bits per heavy atom. The van der Waals surface area contributed by atoms with Gasteiger partial charge in [0.1, 0.15) is 0 Å². The second-order valence-corrected chi connectivity index (χ2v) is 4.04. The summed E-state index contributed by atoms with van der Waals surface area (Å²) in [5.74, 6) is 0.169. The number of carbonyl (C=O) groups is 1. The summed E-state index contributed by atoms with van der Waals surface area (Å²) in [6.45, 7) is 0.550. The highest BCUT2D eigenvalue weighted by Gasteiger charge is 2.27. The average Bonchev–Trinajstić information content (AvgIpc) is 2.91. The molecule has 0 aliphatic carbocycles. The SMILES string of the molecule is O=C(Nc1cn[nH]n1)C1OCCc2ccccc21. The molecule has 0 bridgehead atoms. The molecule has 1 aliphatic heterocycles. The van der Waals surface area contributed by atoms with Crippen molar-refractivity contribution in [2.24, 2.45) is 0 Å². The molecule has 2 aromatic rings. The van der Waals surface area contributed by atoms with Crippen LogP contribution in [0.4, 0.5) is 5.82 Å². The molecular weight excluding hydrogens is 232 g/mol. The molecule has 1 atom stereocenters. The van der Waals surface area contributed by atoms with Gasteiger partial charge in [0.2, 0.25) is 0 Å². The summed E-state index contributed by atoms with van der Waals surface area (Å²) in [7, 11) is 0. The number of ether oxygens (including phenoxy) is 1. The molecule has 6 nitrogen and oxygen atoms in total. The van der Waals surface area contributed by atoms with Crippen LogP contribution in [0.2, 0.25) is 0 Å². The minimum atomic E-state index is -0.577. The van der Waals surface area contributed by atoms with Crippen molar-refractivity contribution in [2.45, 2.75) is 12.5 Å². The fourth-order valence-electron chi connectivity index (χ4n) is 2.06. The summed E-state index contributed by atoms with van der Waals surface area (Å²) in [6.07, 6.45) is 1.71. The van der Waals surface area contributed by atoms with Crippen LogP contribution in [0.1, 0.15) is 17.2 Å². The Kier molecular flexibility index (Phi) is 2.77. The zero-order valence-electron chi connectivity index (χ0n) is 9.59. The lowest BCUT2D eigenvalue weighted by Crippen LogP contribution is -2.28. The number of anilines is 1. The van der Waals surface area contributed by atoms with Gasteiger partial charge in [-0.05, 0) is 17.5 Å². The van der Waals surface area contributed by atoms with Crippen molar-refractivity contribution in [2.75, 3.05) is 11.9 Å². The predicted octanol–water partition coefficient (Wildman–Crippen LogP) is 1.06. The Hall–Kier alpha value is -2.21. The number of fused-ring (bicyclic) bond motifs is 1. The Morgan fingerprint density at radius 3 is 3.17 bits per heavy atom.